The molecule has 4 aromatic rings. The first-order chi connectivity index (χ1) is 19.0. The van der Waals surface area contributed by atoms with Crippen LogP contribution < -0.4 is 9.80 Å². The molecule has 8 heteroatoms. The summed E-state index contributed by atoms with van der Waals surface area (Å²) in [7, 11) is 4.05. The van der Waals surface area contributed by atoms with E-state index >= 15 is 0 Å². The van der Waals surface area contributed by atoms with E-state index in [4.69, 9.17) is 19.6 Å². The fraction of sp³-hybridized carbons (Fsp3) is 0.387. The fourth-order valence-corrected chi connectivity index (χ4v) is 5.39. The first kappa shape index (κ1) is 25.4. The van der Waals surface area contributed by atoms with E-state index in [1.54, 1.807) is 0 Å². The molecule has 8 nitrogen and oxygen atoms in total. The minimum absolute atomic E-state index is 0.292. The molecule has 2 aromatic carbocycles. The third kappa shape index (κ3) is 4.85. The van der Waals surface area contributed by atoms with Gasteiger partial charge in [-0.15, -0.1) is 0 Å². The van der Waals surface area contributed by atoms with E-state index in [1.165, 1.54) is 12.1 Å². The molecule has 3 heterocycles. The SMILES string of the molecule is CCOC(=O)c1cc(-c2ccc(N3CCOCC3)cc2)c2c(C3CCC3)nn(-c3ccc(N(C)C)cc3)c2n1. The quantitative estimate of drug-likeness (QED) is 0.298. The highest BCUT2D eigenvalue weighted by Crippen LogP contribution is 2.43. The molecule has 1 saturated heterocycles. The van der Waals surface area contributed by atoms with Crippen LogP contribution in [0.2, 0.25) is 0 Å². The fourth-order valence-electron chi connectivity index (χ4n) is 5.39. The molecule has 6 rings (SSSR count). The molecule has 0 radical (unpaired) electrons. The van der Waals surface area contributed by atoms with Gasteiger partial charge in [0.2, 0.25) is 0 Å². The van der Waals surface area contributed by atoms with Crippen molar-refractivity contribution in [3.05, 3.63) is 66.0 Å². The number of ether oxygens (including phenoxy) is 2. The van der Waals surface area contributed by atoms with Gasteiger partial charge in [-0.3, -0.25) is 0 Å². The molecule has 0 N–H and O–H groups in total. The second-order valence-electron chi connectivity index (χ2n) is 10.5. The molecular weight excluding hydrogens is 490 g/mol. The number of esters is 1. The van der Waals surface area contributed by atoms with Crippen molar-refractivity contribution in [3.8, 4) is 16.8 Å². The first-order valence-corrected chi connectivity index (χ1v) is 13.8. The number of carbonyl (C=O) groups is 1. The van der Waals surface area contributed by atoms with Gasteiger partial charge in [0.25, 0.3) is 0 Å². The minimum Gasteiger partial charge on any atom is -0.461 e. The average Bonchev–Trinajstić information content (AvgIpc) is 3.31. The predicted molar refractivity (Wildman–Crippen MR) is 154 cm³/mol. The van der Waals surface area contributed by atoms with Crippen molar-refractivity contribution in [2.24, 2.45) is 0 Å². The van der Waals surface area contributed by atoms with E-state index < -0.39 is 5.97 Å². The summed E-state index contributed by atoms with van der Waals surface area (Å²) in [4.78, 5) is 22.2. The molecule has 2 aliphatic rings. The molecular formula is C31H35N5O3. The van der Waals surface area contributed by atoms with Crippen LogP contribution in [0.15, 0.2) is 54.6 Å². The lowest BCUT2D eigenvalue weighted by atomic mass is 9.81. The van der Waals surface area contributed by atoms with Crippen molar-refractivity contribution in [3.63, 3.8) is 0 Å². The largest absolute Gasteiger partial charge is 0.461 e. The van der Waals surface area contributed by atoms with Crippen LogP contribution >= 0.6 is 0 Å². The monoisotopic (exact) mass is 525 g/mol. The summed E-state index contributed by atoms with van der Waals surface area (Å²) in [5.41, 5.74) is 7.24. The highest BCUT2D eigenvalue weighted by molar-refractivity contribution is 6.00. The van der Waals surface area contributed by atoms with Crippen LogP contribution in [-0.2, 0) is 9.47 Å². The van der Waals surface area contributed by atoms with Crippen molar-refractivity contribution in [2.45, 2.75) is 32.1 Å². The first-order valence-electron chi connectivity index (χ1n) is 13.8. The number of nitrogens with zero attached hydrogens (tertiary/aromatic N) is 5. The second kappa shape index (κ2) is 10.7. The molecule has 2 aromatic heterocycles. The Labute approximate surface area is 229 Å². The number of pyridine rings is 1. The van der Waals surface area contributed by atoms with Crippen LogP contribution in [0.1, 0.15) is 48.3 Å². The van der Waals surface area contributed by atoms with Crippen molar-refractivity contribution < 1.29 is 14.3 Å². The molecule has 0 bridgehead atoms. The summed E-state index contributed by atoms with van der Waals surface area (Å²) < 4.78 is 12.8. The Morgan fingerprint density at radius 2 is 1.72 bits per heavy atom. The Morgan fingerprint density at radius 1 is 1.03 bits per heavy atom. The molecule has 39 heavy (non-hydrogen) atoms. The van der Waals surface area contributed by atoms with Gasteiger partial charge in [-0.25, -0.2) is 14.5 Å². The van der Waals surface area contributed by atoms with Crippen molar-refractivity contribution in [1.29, 1.82) is 0 Å². The van der Waals surface area contributed by atoms with Crippen molar-refractivity contribution in [1.82, 2.24) is 14.8 Å². The Bertz CT molecular complexity index is 1470. The van der Waals surface area contributed by atoms with Crippen LogP contribution in [-0.4, -0.2) is 67.7 Å². The van der Waals surface area contributed by atoms with Gasteiger partial charge in [-0.05, 0) is 73.4 Å². The maximum Gasteiger partial charge on any atom is 0.357 e. The van der Waals surface area contributed by atoms with Crippen LogP contribution in [0.3, 0.4) is 0 Å². The van der Waals surface area contributed by atoms with Crippen LogP contribution in [0, 0.1) is 0 Å². The topological polar surface area (TPSA) is 72.7 Å². The lowest BCUT2D eigenvalue weighted by molar-refractivity contribution is 0.0520. The van der Waals surface area contributed by atoms with Crippen LogP contribution in [0.4, 0.5) is 11.4 Å². The van der Waals surface area contributed by atoms with E-state index in [0.29, 0.717) is 23.9 Å². The molecule has 1 aliphatic carbocycles. The third-order valence-corrected chi connectivity index (χ3v) is 7.81. The summed E-state index contributed by atoms with van der Waals surface area (Å²) in [5, 5.41) is 6.16. The molecule has 1 aliphatic heterocycles. The summed E-state index contributed by atoms with van der Waals surface area (Å²) in [5.74, 6) is -0.0390. The van der Waals surface area contributed by atoms with E-state index in [2.05, 4.69) is 58.3 Å². The lowest BCUT2D eigenvalue weighted by Crippen LogP contribution is -2.36. The Kier molecular flexibility index (Phi) is 6.95. The third-order valence-electron chi connectivity index (χ3n) is 7.81. The number of hydrogen-bond donors (Lipinski definition) is 0. The number of anilines is 2. The second-order valence-corrected chi connectivity index (χ2v) is 10.5. The Morgan fingerprint density at radius 3 is 2.33 bits per heavy atom. The average molecular weight is 526 g/mol. The van der Waals surface area contributed by atoms with Gasteiger partial charge in [0.15, 0.2) is 11.3 Å². The molecule has 2 fully saturated rings. The van der Waals surface area contributed by atoms with Gasteiger partial charge in [-0.1, -0.05) is 18.6 Å². The van der Waals surface area contributed by atoms with Crippen molar-refractivity contribution >= 4 is 28.4 Å². The maximum atomic E-state index is 13.0. The number of fused-ring (bicyclic) bond motifs is 1. The summed E-state index contributed by atoms with van der Waals surface area (Å²) in [6, 6.07) is 18.7. The standard InChI is InChI=1S/C31H35N5O3/c1-4-39-31(37)27-20-26(21-8-10-24(11-9-21)35-16-18-38-19-17-35)28-29(22-6-5-7-22)33-36(30(28)32-27)25-14-12-23(13-15-25)34(2)3/h8-15,20,22H,4-7,16-19H2,1-3H3. The zero-order valence-electron chi connectivity index (χ0n) is 22.9. The Hall–Kier alpha value is -3.91. The lowest BCUT2D eigenvalue weighted by Gasteiger charge is -2.29. The molecule has 202 valence electrons. The molecule has 1 saturated carbocycles. The normalized spacial score (nSPS) is 15.8. The van der Waals surface area contributed by atoms with E-state index in [9.17, 15) is 4.79 Å². The number of carbonyl (C=O) groups excluding carboxylic acids is 1. The minimum atomic E-state index is -0.425. The molecule has 0 atom stereocenters. The van der Waals surface area contributed by atoms with Crippen LogP contribution in [0.5, 0.6) is 0 Å². The number of morpholine rings is 1. The molecule has 0 unspecified atom stereocenters. The number of hydrogen-bond acceptors (Lipinski definition) is 7. The smallest absolute Gasteiger partial charge is 0.357 e. The van der Waals surface area contributed by atoms with Gasteiger partial charge < -0.3 is 19.3 Å². The summed E-state index contributed by atoms with van der Waals surface area (Å²) in [6.07, 6.45) is 3.43. The van der Waals surface area contributed by atoms with Gasteiger partial charge in [0, 0.05) is 44.5 Å². The number of aromatic nitrogens is 3. The zero-order valence-corrected chi connectivity index (χ0v) is 22.9. The van der Waals surface area contributed by atoms with E-state index in [-0.39, 0.29) is 0 Å². The van der Waals surface area contributed by atoms with E-state index in [1.807, 2.05) is 31.8 Å². The highest BCUT2D eigenvalue weighted by atomic mass is 16.5. The van der Waals surface area contributed by atoms with E-state index in [0.717, 1.165) is 72.7 Å². The predicted octanol–water partition coefficient (Wildman–Crippen LogP) is 5.43. The Balaban J connectivity index is 1.53. The van der Waals surface area contributed by atoms with Gasteiger partial charge in [0.05, 0.1) is 36.6 Å². The van der Waals surface area contributed by atoms with Gasteiger partial charge in [-0.2, -0.15) is 5.10 Å². The maximum absolute atomic E-state index is 13.0. The summed E-state index contributed by atoms with van der Waals surface area (Å²) in [6.45, 7) is 5.37. The molecule has 0 spiro atoms. The zero-order chi connectivity index (χ0) is 26.9. The molecule has 0 amide bonds. The summed E-state index contributed by atoms with van der Waals surface area (Å²) >= 11 is 0. The van der Waals surface area contributed by atoms with Gasteiger partial charge in [0.1, 0.15) is 0 Å². The van der Waals surface area contributed by atoms with Crippen LogP contribution in [0.25, 0.3) is 27.8 Å². The number of rotatable bonds is 7. The number of benzene rings is 2. The highest BCUT2D eigenvalue weighted by Gasteiger charge is 2.29. The van der Waals surface area contributed by atoms with Crippen molar-refractivity contribution in [2.75, 3.05) is 56.8 Å². The van der Waals surface area contributed by atoms with Gasteiger partial charge >= 0.3 is 5.97 Å².